The smallest absolute Gasteiger partial charge is 0.144 e. The summed E-state index contributed by atoms with van der Waals surface area (Å²) in [6, 6.07) is 6.46. The van der Waals surface area contributed by atoms with Gasteiger partial charge in [-0.25, -0.2) is 4.39 Å². The molecule has 18 heavy (non-hydrogen) atoms. The molecule has 0 radical (unpaired) electrons. The van der Waals surface area contributed by atoms with Crippen LogP contribution >= 0.6 is 0 Å². The minimum Gasteiger partial charge on any atom is -0.489 e. The summed E-state index contributed by atoms with van der Waals surface area (Å²) in [6.07, 6.45) is 5.75. The molecule has 96 valence electrons. The lowest BCUT2D eigenvalue weighted by Crippen LogP contribution is -2.30. The van der Waals surface area contributed by atoms with Gasteiger partial charge in [-0.05, 0) is 43.7 Å². The Labute approximate surface area is 107 Å². The lowest BCUT2D eigenvalue weighted by atomic mass is 9.84. The second-order valence-corrected chi connectivity index (χ2v) is 4.83. The third kappa shape index (κ3) is 2.64. The summed E-state index contributed by atoms with van der Waals surface area (Å²) < 4.78 is 19.4. The Balaban J connectivity index is 2.18. The van der Waals surface area contributed by atoms with Crippen LogP contribution in [0.2, 0.25) is 0 Å². The number of hydrogen-bond acceptors (Lipinski definition) is 2. The van der Waals surface area contributed by atoms with Gasteiger partial charge in [0.1, 0.15) is 29.3 Å². The van der Waals surface area contributed by atoms with E-state index in [1.807, 2.05) is 6.07 Å². The molecule has 1 aliphatic carbocycles. The van der Waals surface area contributed by atoms with Gasteiger partial charge in [-0.1, -0.05) is 19.4 Å². The molecular formula is C15H18FNO. The highest BCUT2D eigenvalue weighted by molar-refractivity contribution is 5.43. The molecule has 0 spiro atoms. The Morgan fingerprint density at radius 2 is 2.17 bits per heavy atom. The van der Waals surface area contributed by atoms with E-state index in [0.717, 1.165) is 19.3 Å². The predicted molar refractivity (Wildman–Crippen MR) is 67.8 cm³/mol. The number of halogens is 1. The van der Waals surface area contributed by atoms with E-state index < -0.39 is 5.82 Å². The lowest BCUT2D eigenvalue weighted by Gasteiger charge is -2.31. The van der Waals surface area contributed by atoms with Crippen LogP contribution < -0.4 is 4.74 Å². The van der Waals surface area contributed by atoms with Crippen LogP contribution in [0.15, 0.2) is 18.2 Å². The van der Waals surface area contributed by atoms with Crippen molar-refractivity contribution in [1.29, 1.82) is 5.26 Å². The summed E-state index contributed by atoms with van der Waals surface area (Å²) in [5.41, 5.74) is 0.0259. The lowest BCUT2D eigenvalue weighted by molar-refractivity contribution is 0.0897. The zero-order chi connectivity index (χ0) is 13.0. The van der Waals surface area contributed by atoms with Crippen molar-refractivity contribution in [1.82, 2.24) is 0 Å². The van der Waals surface area contributed by atoms with Crippen LogP contribution in [0.3, 0.4) is 0 Å². The third-order valence-electron chi connectivity index (χ3n) is 3.73. The molecule has 1 aliphatic rings. The van der Waals surface area contributed by atoms with Crippen LogP contribution in [-0.2, 0) is 0 Å². The van der Waals surface area contributed by atoms with Gasteiger partial charge in [-0.2, -0.15) is 5.26 Å². The van der Waals surface area contributed by atoms with E-state index in [0.29, 0.717) is 11.7 Å². The first-order valence-electron chi connectivity index (χ1n) is 6.61. The van der Waals surface area contributed by atoms with Gasteiger partial charge in [-0.3, -0.25) is 0 Å². The Kier molecular flexibility index (Phi) is 4.19. The van der Waals surface area contributed by atoms with E-state index >= 15 is 0 Å². The van der Waals surface area contributed by atoms with Gasteiger partial charge in [0, 0.05) is 0 Å². The highest BCUT2D eigenvalue weighted by atomic mass is 19.1. The summed E-state index contributed by atoms with van der Waals surface area (Å²) in [4.78, 5) is 0. The van der Waals surface area contributed by atoms with Crippen molar-refractivity contribution < 1.29 is 9.13 Å². The molecular weight excluding hydrogens is 229 g/mol. The van der Waals surface area contributed by atoms with Crippen LogP contribution in [0.25, 0.3) is 0 Å². The van der Waals surface area contributed by atoms with E-state index in [1.165, 1.54) is 18.9 Å². The topological polar surface area (TPSA) is 33.0 Å². The minimum absolute atomic E-state index is 0.0259. The van der Waals surface area contributed by atoms with Crippen molar-refractivity contribution in [3.63, 3.8) is 0 Å². The number of ether oxygens (including phenoxy) is 1. The van der Waals surface area contributed by atoms with Crippen LogP contribution in [0.4, 0.5) is 4.39 Å². The Hall–Kier alpha value is -1.56. The standard InChI is InChI=1S/C15H18FNO/c1-2-11-6-3-4-8-14(11)18-15-9-5-7-13(16)12(15)10-17/h5,7,9,11,14H,2-4,6,8H2,1H3. The first-order chi connectivity index (χ1) is 8.76. The van der Waals surface area contributed by atoms with E-state index in [9.17, 15) is 4.39 Å². The summed E-state index contributed by atoms with van der Waals surface area (Å²) in [7, 11) is 0. The second-order valence-electron chi connectivity index (χ2n) is 4.83. The van der Waals surface area contributed by atoms with Crippen molar-refractivity contribution >= 4 is 0 Å². The Bertz CT molecular complexity index is 452. The van der Waals surface area contributed by atoms with Crippen LogP contribution in [0.5, 0.6) is 5.75 Å². The molecule has 0 saturated heterocycles. The molecule has 1 aromatic rings. The molecule has 3 heteroatoms. The van der Waals surface area contributed by atoms with Crippen LogP contribution in [0, 0.1) is 23.1 Å². The fourth-order valence-electron chi connectivity index (χ4n) is 2.67. The highest BCUT2D eigenvalue weighted by Gasteiger charge is 2.26. The fraction of sp³-hybridized carbons (Fsp3) is 0.533. The summed E-state index contributed by atoms with van der Waals surface area (Å²) in [6.45, 7) is 2.16. The average Bonchev–Trinajstić information content (AvgIpc) is 2.40. The summed E-state index contributed by atoms with van der Waals surface area (Å²) >= 11 is 0. The van der Waals surface area contributed by atoms with E-state index in [2.05, 4.69) is 6.92 Å². The molecule has 0 bridgehead atoms. The molecule has 2 unspecified atom stereocenters. The first kappa shape index (κ1) is 12.9. The van der Waals surface area contributed by atoms with E-state index in [1.54, 1.807) is 12.1 Å². The zero-order valence-corrected chi connectivity index (χ0v) is 10.7. The van der Waals surface area contributed by atoms with Crippen LogP contribution in [0.1, 0.15) is 44.6 Å². The van der Waals surface area contributed by atoms with Gasteiger partial charge in [0.25, 0.3) is 0 Å². The largest absolute Gasteiger partial charge is 0.489 e. The van der Waals surface area contributed by atoms with Crippen molar-refractivity contribution in [2.45, 2.75) is 45.1 Å². The number of benzene rings is 1. The third-order valence-corrected chi connectivity index (χ3v) is 3.73. The molecule has 0 amide bonds. The van der Waals surface area contributed by atoms with Crippen molar-refractivity contribution in [2.75, 3.05) is 0 Å². The maximum Gasteiger partial charge on any atom is 0.144 e. The van der Waals surface area contributed by atoms with Gasteiger partial charge in [0.15, 0.2) is 0 Å². The van der Waals surface area contributed by atoms with Crippen molar-refractivity contribution in [3.8, 4) is 11.8 Å². The van der Waals surface area contributed by atoms with Gasteiger partial charge in [0.2, 0.25) is 0 Å². The molecule has 0 aliphatic heterocycles. The Morgan fingerprint density at radius 3 is 2.89 bits per heavy atom. The average molecular weight is 247 g/mol. The van der Waals surface area contributed by atoms with Gasteiger partial charge >= 0.3 is 0 Å². The van der Waals surface area contributed by atoms with E-state index in [4.69, 9.17) is 10.00 Å². The number of hydrogen-bond donors (Lipinski definition) is 0. The number of rotatable bonds is 3. The van der Waals surface area contributed by atoms with Gasteiger partial charge < -0.3 is 4.74 Å². The molecule has 0 heterocycles. The first-order valence-corrected chi connectivity index (χ1v) is 6.61. The number of nitriles is 1. The normalized spacial score (nSPS) is 23.4. The maximum atomic E-state index is 13.5. The SMILES string of the molecule is CCC1CCCCC1Oc1cccc(F)c1C#N. The molecule has 1 fully saturated rings. The van der Waals surface area contributed by atoms with Gasteiger partial charge in [-0.15, -0.1) is 0 Å². The zero-order valence-electron chi connectivity index (χ0n) is 10.7. The minimum atomic E-state index is -0.501. The molecule has 2 rings (SSSR count). The molecule has 2 nitrogen and oxygen atoms in total. The summed E-state index contributed by atoms with van der Waals surface area (Å²) in [5, 5.41) is 8.98. The predicted octanol–water partition coefficient (Wildman–Crippen LogP) is 4.04. The highest BCUT2D eigenvalue weighted by Crippen LogP contribution is 2.32. The quantitative estimate of drug-likeness (QED) is 0.807. The summed E-state index contributed by atoms with van der Waals surface area (Å²) in [5.74, 6) is 0.412. The Morgan fingerprint density at radius 1 is 1.39 bits per heavy atom. The monoisotopic (exact) mass is 247 g/mol. The van der Waals surface area contributed by atoms with Gasteiger partial charge in [0.05, 0.1) is 0 Å². The molecule has 1 saturated carbocycles. The molecule has 1 aromatic carbocycles. The maximum absolute atomic E-state index is 13.5. The second kappa shape index (κ2) is 5.86. The van der Waals surface area contributed by atoms with E-state index in [-0.39, 0.29) is 11.7 Å². The fourth-order valence-corrected chi connectivity index (χ4v) is 2.67. The number of nitrogens with zero attached hydrogens (tertiary/aromatic N) is 1. The molecule has 2 atom stereocenters. The molecule has 0 aromatic heterocycles. The van der Waals surface area contributed by atoms with Crippen molar-refractivity contribution in [3.05, 3.63) is 29.6 Å². The van der Waals surface area contributed by atoms with Crippen molar-refractivity contribution in [2.24, 2.45) is 5.92 Å². The molecule has 0 N–H and O–H groups in total. The van der Waals surface area contributed by atoms with Crippen LogP contribution in [-0.4, -0.2) is 6.10 Å².